The highest BCUT2D eigenvalue weighted by Crippen LogP contribution is 2.29. The molecule has 2 N–H and O–H groups in total. The quantitative estimate of drug-likeness (QED) is 0.458. The second-order valence-corrected chi connectivity index (χ2v) is 4.69. The first-order valence-corrected chi connectivity index (χ1v) is 6.47. The topological polar surface area (TPSA) is 128 Å². The predicted molar refractivity (Wildman–Crippen MR) is 72.4 cm³/mol. The summed E-state index contributed by atoms with van der Waals surface area (Å²) >= 11 is 0. The molecule has 1 fully saturated rings. The van der Waals surface area contributed by atoms with Gasteiger partial charge in [0.05, 0.1) is 10.8 Å². The minimum absolute atomic E-state index is 0.0180. The van der Waals surface area contributed by atoms with Gasteiger partial charge in [0.15, 0.2) is 6.61 Å². The van der Waals surface area contributed by atoms with Crippen molar-refractivity contribution < 1.29 is 24.0 Å². The molecule has 2 rings (SSSR count). The summed E-state index contributed by atoms with van der Waals surface area (Å²) < 4.78 is 4.72. The van der Waals surface area contributed by atoms with Gasteiger partial charge in [-0.1, -0.05) is 6.07 Å². The van der Waals surface area contributed by atoms with E-state index in [-0.39, 0.29) is 17.2 Å². The molecule has 2 amide bonds. The smallest absolute Gasteiger partial charge is 0.309 e. The standard InChI is InChI=1S/C13H13N3O6/c17-11(7-22-13(19)8-4-5-8)14-15-12(18)9-2-1-3-10(6-9)16(20)21/h1-3,6,8H,4-5,7H2,(H,14,17)(H,15,18). The van der Waals surface area contributed by atoms with Gasteiger partial charge < -0.3 is 4.74 Å². The molecule has 22 heavy (non-hydrogen) atoms. The van der Waals surface area contributed by atoms with Gasteiger partial charge in [0, 0.05) is 17.7 Å². The molecule has 0 bridgehead atoms. The third-order valence-electron chi connectivity index (χ3n) is 2.89. The van der Waals surface area contributed by atoms with E-state index >= 15 is 0 Å². The molecule has 0 heterocycles. The number of carbonyl (C=O) groups is 3. The van der Waals surface area contributed by atoms with Crippen LogP contribution in [0, 0.1) is 16.0 Å². The number of esters is 1. The Morgan fingerprint density at radius 1 is 1.27 bits per heavy atom. The average Bonchev–Trinajstić information content (AvgIpc) is 3.35. The minimum atomic E-state index is -0.717. The van der Waals surface area contributed by atoms with E-state index in [0.29, 0.717) is 0 Å². The number of nitro groups is 1. The Kier molecular flexibility index (Phi) is 4.66. The second kappa shape index (κ2) is 6.66. The molecule has 0 unspecified atom stereocenters. The maximum atomic E-state index is 11.7. The van der Waals surface area contributed by atoms with Crippen LogP contribution >= 0.6 is 0 Å². The van der Waals surface area contributed by atoms with Crippen molar-refractivity contribution in [2.75, 3.05) is 6.61 Å². The lowest BCUT2D eigenvalue weighted by Gasteiger charge is -2.07. The van der Waals surface area contributed by atoms with Crippen LogP contribution in [0.5, 0.6) is 0 Å². The van der Waals surface area contributed by atoms with E-state index in [0.717, 1.165) is 18.9 Å². The second-order valence-electron chi connectivity index (χ2n) is 4.69. The number of hydrogen-bond acceptors (Lipinski definition) is 6. The van der Waals surface area contributed by atoms with Crippen molar-refractivity contribution in [3.05, 3.63) is 39.9 Å². The summed E-state index contributed by atoms with van der Waals surface area (Å²) in [6.07, 6.45) is 1.54. The van der Waals surface area contributed by atoms with E-state index < -0.39 is 29.3 Å². The number of non-ortho nitro benzene ring substituents is 1. The largest absolute Gasteiger partial charge is 0.455 e. The minimum Gasteiger partial charge on any atom is -0.455 e. The lowest BCUT2D eigenvalue weighted by Crippen LogP contribution is -2.43. The van der Waals surface area contributed by atoms with Gasteiger partial charge in [-0.15, -0.1) is 0 Å². The third kappa shape index (κ3) is 4.27. The third-order valence-corrected chi connectivity index (χ3v) is 2.89. The number of benzene rings is 1. The monoisotopic (exact) mass is 307 g/mol. The van der Waals surface area contributed by atoms with E-state index in [1.165, 1.54) is 18.2 Å². The number of hydrazine groups is 1. The molecule has 1 aromatic carbocycles. The van der Waals surface area contributed by atoms with Crippen LogP contribution < -0.4 is 10.9 Å². The van der Waals surface area contributed by atoms with E-state index in [9.17, 15) is 24.5 Å². The first-order valence-electron chi connectivity index (χ1n) is 6.47. The van der Waals surface area contributed by atoms with Gasteiger partial charge in [0.2, 0.25) is 0 Å². The van der Waals surface area contributed by atoms with E-state index in [2.05, 4.69) is 10.9 Å². The molecule has 9 heteroatoms. The van der Waals surface area contributed by atoms with Gasteiger partial charge >= 0.3 is 5.97 Å². The highest BCUT2D eigenvalue weighted by molar-refractivity contribution is 5.96. The number of amides is 2. The van der Waals surface area contributed by atoms with Crippen LogP contribution in [0.3, 0.4) is 0 Å². The van der Waals surface area contributed by atoms with Crippen molar-refractivity contribution >= 4 is 23.5 Å². The number of hydrogen-bond donors (Lipinski definition) is 2. The summed E-state index contributed by atoms with van der Waals surface area (Å²) in [5.74, 6) is -1.97. The Morgan fingerprint density at radius 3 is 2.64 bits per heavy atom. The maximum Gasteiger partial charge on any atom is 0.309 e. The molecule has 0 spiro atoms. The van der Waals surface area contributed by atoms with Crippen LogP contribution in [0.25, 0.3) is 0 Å². The van der Waals surface area contributed by atoms with Crippen LogP contribution in [0.2, 0.25) is 0 Å². The molecule has 0 saturated heterocycles. The number of nitrogens with zero attached hydrogens (tertiary/aromatic N) is 1. The van der Waals surface area contributed by atoms with Gasteiger partial charge in [0.1, 0.15) is 0 Å². The zero-order chi connectivity index (χ0) is 16.1. The molecule has 9 nitrogen and oxygen atoms in total. The van der Waals surface area contributed by atoms with E-state index in [4.69, 9.17) is 4.74 Å². The lowest BCUT2D eigenvalue weighted by atomic mass is 10.2. The summed E-state index contributed by atoms with van der Waals surface area (Å²) in [6, 6.07) is 5.04. The Morgan fingerprint density at radius 2 is 2.00 bits per heavy atom. The fourth-order valence-corrected chi connectivity index (χ4v) is 1.57. The van der Waals surface area contributed by atoms with Gasteiger partial charge in [-0.05, 0) is 18.9 Å². The Bertz CT molecular complexity index is 626. The van der Waals surface area contributed by atoms with E-state index in [1.807, 2.05) is 0 Å². The average molecular weight is 307 g/mol. The summed E-state index contributed by atoms with van der Waals surface area (Å²) in [6.45, 7) is -0.495. The molecular weight excluding hydrogens is 294 g/mol. The van der Waals surface area contributed by atoms with Crippen LogP contribution in [0.15, 0.2) is 24.3 Å². The molecule has 1 aliphatic carbocycles. The lowest BCUT2D eigenvalue weighted by molar-refractivity contribution is -0.384. The summed E-state index contributed by atoms with van der Waals surface area (Å²) in [5.41, 5.74) is 3.92. The molecule has 0 aliphatic heterocycles. The van der Waals surface area contributed by atoms with Crippen molar-refractivity contribution in [3.63, 3.8) is 0 Å². The fourth-order valence-electron chi connectivity index (χ4n) is 1.57. The van der Waals surface area contributed by atoms with Crippen molar-refractivity contribution in [3.8, 4) is 0 Å². The molecule has 0 radical (unpaired) electrons. The Hall–Kier alpha value is -2.97. The maximum absolute atomic E-state index is 11.7. The van der Waals surface area contributed by atoms with Crippen molar-refractivity contribution in [1.29, 1.82) is 0 Å². The van der Waals surface area contributed by atoms with Crippen molar-refractivity contribution in [1.82, 2.24) is 10.9 Å². The van der Waals surface area contributed by atoms with Crippen LogP contribution in [-0.2, 0) is 14.3 Å². The van der Waals surface area contributed by atoms with Gasteiger partial charge in [-0.3, -0.25) is 35.3 Å². The molecule has 0 aromatic heterocycles. The van der Waals surface area contributed by atoms with Crippen LogP contribution in [0.1, 0.15) is 23.2 Å². The summed E-state index contributed by atoms with van der Waals surface area (Å²) in [4.78, 5) is 44.3. The number of nitro benzene ring substituents is 1. The summed E-state index contributed by atoms with van der Waals surface area (Å²) in [7, 11) is 0. The number of carbonyl (C=O) groups excluding carboxylic acids is 3. The number of rotatable bonds is 5. The van der Waals surface area contributed by atoms with Crippen molar-refractivity contribution in [2.24, 2.45) is 5.92 Å². The molecule has 1 saturated carbocycles. The van der Waals surface area contributed by atoms with Gasteiger partial charge in [-0.2, -0.15) is 0 Å². The highest BCUT2D eigenvalue weighted by Gasteiger charge is 2.31. The summed E-state index contributed by atoms with van der Waals surface area (Å²) in [5, 5.41) is 10.6. The first kappa shape index (κ1) is 15.4. The number of ether oxygens (including phenoxy) is 1. The molecule has 1 aromatic rings. The van der Waals surface area contributed by atoms with Crippen LogP contribution in [0.4, 0.5) is 5.69 Å². The molecule has 0 atom stereocenters. The molecule has 1 aliphatic rings. The van der Waals surface area contributed by atoms with E-state index in [1.54, 1.807) is 0 Å². The van der Waals surface area contributed by atoms with Crippen LogP contribution in [-0.4, -0.2) is 29.3 Å². The molecule has 116 valence electrons. The Labute approximate surface area is 124 Å². The predicted octanol–water partition coefficient (Wildman–Crippen LogP) is 0.309. The fraction of sp³-hybridized carbons (Fsp3) is 0.308. The molecular formula is C13H13N3O6. The zero-order valence-electron chi connectivity index (χ0n) is 11.4. The normalized spacial score (nSPS) is 13.1. The first-order chi connectivity index (χ1) is 10.5. The van der Waals surface area contributed by atoms with Gasteiger partial charge in [-0.25, -0.2) is 0 Å². The van der Waals surface area contributed by atoms with Gasteiger partial charge in [0.25, 0.3) is 17.5 Å². The highest BCUT2D eigenvalue weighted by atomic mass is 16.6. The number of nitrogens with one attached hydrogen (secondary N) is 2. The van der Waals surface area contributed by atoms with Crippen molar-refractivity contribution in [2.45, 2.75) is 12.8 Å². The SMILES string of the molecule is O=C(COC(=O)C1CC1)NNC(=O)c1cccc([N+](=O)[O-])c1. The zero-order valence-corrected chi connectivity index (χ0v) is 11.4. The Balaban J connectivity index is 1.79.